The van der Waals surface area contributed by atoms with E-state index >= 15 is 0 Å². The molecule has 9 heteroatoms. The molecule has 4 rings (SSSR count). The van der Waals surface area contributed by atoms with E-state index in [0.717, 1.165) is 11.1 Å². The predicted molar refractivity (Wildman–Crippen MR) is 115 cm³/mol. The Kier molecular flexibility index (Phi) is 4.90. The Morgan fingerprint density at radius 1 is 1.27 bits per heavy atom. The van der Waals surface area contributed by atoms with Gasteiger partial charge in [0.1, 0.15) is 5.52 Å². The Morgan fingerprint density at radius 2 is 2.07 bits per heavy atom. The molecular formula is C21H19BN6O2. The summed E-state index contributed by atoms with van der Waals surface area (Å²) in [4.78, 5) is 26.4. The quantitative estimate of drug-likeness (QED) is 0.391. The van der Waals surface area contributed by atoms with Gasteiger partial charge in [0, 0.05) is 37.7 Å². The van der Waals surface area contributed by atoms with Crippen LogP contribution in [0.5, 0.6) is 0 Å². The Labute approximate surface area is 174 Å². The molecule has 8 nitrogen and oxygen atoms in total. The van der Waals surface area contributed by atoms with Crippen LogP contribution in [0.15, 0.2) is 30.3 Å². The van der Waals surface area contributed by atoms with Crippen LogP contribution in [0.25, 0.3) is 22.3 Å². The lowest BCUT2D eigenvalue weighted by Crippen LogP contribution is -2.37. The number of carbonyl (C=O) groups is 1. The van der Waals surface area contributed by atoms with Gasteiger partial charge in [0.2, 0.25) is 5.60 Å². The summed E-state index contributed by atoms with van der Waals surface area (Å²) in [5, 5.41) is 10.5. The summed E-state index contributed by atoms with van der Waals surface area (Å²) in [5.41, 5.74) is 14.0. The number of pyridine rings is 1. The number of likely N-dealkylation sites (N-methyl/N-ethyl adjacent to an activating group) is 1. The SMILES string of the molecule is [B]c1nc(N)c2nc(-c3cccc(C#C[C@]4(O)CCN(C)C4=O)c3)cc(CN)c2n1. The van der Waals surface area contributed by atoms with E-state index in [9.17, 15) is 9.90 Å². The summed E-state index contributed by atoms with van der Waals surface area (Å²) in [6.07, 6.45) is 0.281. The molecule has 1 atom stereocenters. The molecule has 3 heterocycles. The standard InChI is InChI=1S/C21H19BN6O2/c1-28-8-7-21(30,19(28)29)6-5-12-3-2-4-13(9-12)15-10-14(11-23)16-17(25-15)18(24)27-20(22)26-16/h2-4,9-10,30H,7-8,11,23H2,1H3,(H2,24,26,27)/t21-/m0/s1. The normalized spacial score (nSPS) is 18.5. The maximum atomic E-state index is 12.1. The first-order valence-electron chi connectivity index (χ1n) is 9.35. The highest BCUT2D eigenvalue weighted by Crippen LogP contribution is 2.26. The number of carbonyl (C=O) groups excluding carboxylic acids is 1. The van der Waals surface area contributed by atoms with Gasteiger partial charge in [0.15, 0.2) is 13.7 Å². The molecule has 1 amide bonds. The second-order valence-electron chi connectivity index (χ2n) is 7.20. The van der Waals surface area contributed by atoms with Crippen LogP contribution in [-0.2, 0) is 11.3 Å². The second kappa shape index (κ2) is 7.41. The number of hydrogen-bond acceptors (Lipinski definition) is 7. The third-order valence-corrected chi connectivity index (χ3v) is 5.08. The van der Waals surface area contributed by atoms with Crippen LogP contribution in [0.2, 0.25) is 0 Å². The first-order valence-corrected chi connectivity index (χ1v) is 9.35. The van der Waals surface area contributed by atoms with E-state index in [1.165, 1.54) is 4.90 Å². The third-order valence-electron chi connectivity index (χ3n) is 5.08. The van der Waals surface area contributed by atoms with E-state index in [1.54, 1.807) is 13.1 Å². The van der Waals surface area contributed by atoms with Crippen molar-refractivity contribution in [1.82, 2.24) is 19.9 Å². The monoisotopic (exact) mass is 398 g/mol. The fraction of sp³-hybridized carbons (Fsp3) is 0.238. The second-order valence-corrected chi connectivity index (χ2v) is 7.20. The number of anilines is 1. The topological polar surface area (TPSA) is 131 Å². The van der Waals surface area contributed by atoms with Crippen LogP contribution >= 0.6 is 0 Å². The fourth-order valence-electron chi connectivity index (χ4n) is 3.42. The molecule has 0 saturated carbocycles. The minimum absolute atomic E-state index is 0.0616. The summed E-state index contributed by atoms with van der Waals surface area (Å²) in [7, 11) is 7.34. The van der Waals surface area contributed by atoms with E-state index in [1.807, 2.05) is 24.3 Å². The molecule has 1 saturated heterocycles. The van der Waals surface area contributed by atoms with Gasteiger partial charge < -0.3 is 21.5 Å². The number of likely N-dealkylation sites (tertiary alicyclic amines) is 1. The number of benzene rings is 1. The number of rotatable bonds is 2. The predicted octanol–water partition coefficient (Wildman–Crippen LogP) is -0.529. The van der Waals surface area contributed by atoms with Crippen LogP contribution in [0.3, 0.4) is 0 Å². The molecule has 1 aromatic carbocycles. The number of aromatic nitrogens is 3. The lowest BCUT2D eigenvalue weighted by atomic mass is 10.0. The largest absolute Gasteiger partial charge is 0.382 e. The van der Waals surface area contributed by atoms with Crippen LogP contribution in [0, 0.1) is 11.8 Å². The number of fused-ring (bicyclic) bond motifs is 1. The maximum Gasteiger partial charge on any atom is 0.267 e. The molecule has 2 aromatic heterocycles. The highest BCUT2D eigenvalue weighted by Gasteiger charge is 2.42. The highest BCUT2D eigenvalue weighted by molar-refractivity contribution is 6.29. The minimum atomic E-state index is -1.65. The van der Waals surface area contributed by atoms with Gasteiger partial charge in [-0.3, -0.25) is 4.79 Å². The molecule has 148 valence electrons. The Bertz CT molecular complexity index is 1240. The number of nitrogens with two attached hydrogens (primary N) is 2. The van der Waals surface area contributed by atoms with Gasteiger partial charge in [-0.25, -0.2) is 15.0 Å². The maximum absolute atomic E-state index is 12.1. The smallest absolute Gasteiger partial charge is 0.267 e. The minimum Gasteiger partial charge on any atom is -0.382 e. The van der Waals surface area contributed by atoms with Crippen LogP contribution in [0.1, 0.15) is 17.5 Å². The Balaban J connectivity index is 1.76. The molecule has 5 N–H and O–H groups in total. The van der Waals surface area contributed by atoms with Crippen LogP contribution in [0.4, 0.5) is 5.82 Å². The Hall–Kier alpha value is -3.48. The molecular weight excluding hydrogens is 379 g/mol. The molecule has 0 aliphatic carbocycles. The molecule has 1 fully saturated rings. The summed E-state index contributed by atoms with van der Waals surface area (Å²) >= 11 is 0. The first-order chi connectivity index (χ1) is 14.3. The average Bonchev–Trinajstić information content (AvgIpc) is 3.00. The summed E-state index contributed by atoms with van der Waals surface area (Å²) in [6, 6.07) is 9.14. The summed E-state index contributed by atoms with van der Waals surface area (Å²) < 4.78 is 0. The van der Waals surface area contributed by atoms with Gasteiger partial charge in [0.05, 0.1) is 16.9 Å². The van der Waals surface area contributed by atoms with Gasteiger partial charge in [-0.2, -0.15) is 0 Å². The van der Waals surface area contributed by atoms with Crippen molar-refractivity contribution in [3.8, 4) is 23.1 Å². The van der Waals surface area contributed by atoms with E-state index in [0.29, 0.717) is 28.8 Å². The molecule has 1 aliphatic heterocycles. The fourth-order valence-corrected chi connectivity index (χ4v) is 3.42. The van der Waals surface area contributed by atoms with Crippen molar-refractivity contribution < 1.29 is 9.90 Å². The lowest BCUT2D eigenvalue weighted by molar-refractivity contribution is -0.137. The van der Waals surface area contributed by atoms with Crippen molar-refractivity contribution in [2.45, 2.75) is 18.6 Å². The van der Waals surface area contributed by atoms with Crippen molar-refractivity contribution >= 4 is 36.3 Å². The lowest BCUT2D eigenvalue weighted by Gasteiger charge is -2.13. The van der Waals surface area contributed by atoms with Gasteiger partial charge in [-0.15, -0.1) is 0 Å². The number of aliphatic hydroxyl groups is 1. The number of amides is 1. The summed E-state index contributed by atoms with van der Waals surface area (Å²) in [5.74, 6) is 5.42. The number of nitrogens with zero attached hydrogens (tertiary/aromatic N) is 4. The van der Waals surface area contributed by atoms with E-state index < -0.39 is 5.60 Å². The molecule has 0 bridgehead atoms. The van der Waals surface area contributed by atoms with Crippen molar-refractivity contribution in [2.75, 3.05) is 19.3 Å². The highest BCUT2D eigenvalue weighted by atomic mass is 16.3. The zero-order valence-electron chi connectivity index (χ0n) is 16.4. The molecule has 0 spiro atoms. The first kappa shape index (κ1) is 19.8. The molecule has 1 aliphatic rings. The molecule has 3 aromatic rings. The zero-order valence-corrected chi connectivity index (χ0v) is 16.4. The van der Waals surface area contributed by atoms with Crippen LogP contribution in [-0.4, -0.2) is 57.9 Å². The van der Waals surface area contributed by atoms with Crippen LogP contribution < -0.4 is 17.2 Å². The van der Waals surface area contributed by atoms with Gasteiger partial charge >= 0.3 is 0 Å². The molecule has 0 unspecified atom stereocenters. The number of hydrogen-bond donors (Lipinski definition) is 3. The van der Waals surface area contributed by atoms with Crippen molar-refractivity contribution in [3.63, 3.8) is 0 Å². The van der Waals surface area contributed by atoms with Crippen molar-refractivity contribution in [3.05, 3.63) is 41.5 Å². The number of nitrogen functional groups attached to an aromatic ring is 1. The van der Waals surface area contributed by atoms with Crippen molar-refractivity contribution in [2.24, 2.45) is 5.73 Å². The van der Waals surface area contributed by atoms with E-state index in [2.05, 4.69) is 26.8 Å². The van der Waals surface area contributed by atoms with Gasteiger partial charge in [-0.05, 0) is 23.8 Å². The van der Waals surface area contributed by atoms with Gasteiger partial charge in [-0.1, -0.05) is 24.0 Å². The van der Waals surface area contributed by atoms with E-state index in [-0.39, 0.29) is 30.4 Å². The average molecular weight is 398 g/mol. The molecule has 30 heavy (non-hydrogen) atoms. The Morgan fingerprint density at radius 3 is 2.77 bits per heavy atom. The zero-order chi connectivity index (χ0) is 21.5. The van der Waals surface area contributed by atoms with Crippen molar-refractivity contribution in [1.29, 1.82) is 0 Å². The summed E-state index contributed by atoms with van der Waals surface area (Å²) in [6.45, 7) is 0.699. The van der Waals surface area contributed by atoms with Gasteiger partial charge in [0.25, 0.3) is 5.91 Å². The molecule has 2 radical (unpaired) electrons. The van der Waals surface area contributed by atoms with E-state index in [4.69, 9.17) is 19.3 Å². The third kappa shape index (κ3) is 3.47.